The van der Waals surface area contributed by atoms with Crippen LogP contribution in [0.1, 0.15) is 26.4 Å². The summed E-state index contributed by atoms with van der Waals surface area (Å²) < 4.78 is 45.4. The number of methoxy groups -OCH3 is 1. The molecule has 2 aromatic carbocycles. The first-order valence-electron chi connectivity index (χ1n) is 9.35. The highest BCUT2D eigenvalue weighted by atomic mass is 19.4. The minimum Gasteiger partial charge on any atom is -0.493 e. The number of hydrogen-bond acceptors (Lipinski definition) is 4. The molecule has 1 heterocycles. The number of rotatable bonds is 7. The van der Waals surface area contributed by atoms with Crippen LogP contribution in [0.4, 0.5) is 18.9 Å². The van der Waals surface area contributed by atoms with Crippen molar-refractivity contribution in [3.63, 3.8) is 0 Å². The third kappa shape index (κ3) is 4.97. The highest BCUT2D eigenvalue weighted by Crippen LogP contribution is 2.31. The summed E-state index contributed by atoms with van der Waals surface area (Å²) in [5.41, 5.74) is -0.462. The van der Waals surface area contributed by atoms with Crippen molar-refractivity contribution < 1.29 is 27.5 Å². The van der Waals surface area contributed by atoms with Crippen molar-refractivity contribution in [2.24, 2.45) is 0 Å². The molecular weight excluding hydrogens is 425 g/mol. The van der Waals surface area contributed by atoms with Gasteiger partial charge < -0.3 is 15.4 Å². The first kappa shape index (κ1) is 22.6. The van der Waals surface area contributed by atoms with Crippen LogP contribution >= 0.6 is 0 Å². The fourth-order valence-corrected chi connectivity index (χ4v) is 2.85. The summed E-state index contributed by atoms with van der Waals surface area (Å²) in [5, 5.41) is 9.31. The van der Waals surface area contributed by atoms with Crippen LogP contribution in [0, 0.1) is 0 Å². The van der Waals surface area contributed by atoms with E-state index in [1.54, 1.807) is 12.1 Å². The van der Waals surface area contributed by atoms with Crippen molar-refractivity contribution in [2.45, 2.75) is 6.18 Å². The number of para-hydroxylation sites is 1. The van der Waals surface area contributed by atoms with Gasteiger partial charge in [-0.1, -0.05) is 24.3 Å². The van der Waals surface area contributed by atoms with Gasteiger partial charge in [0.05, 0.1) is 35.8 Å². The Balaban J connectivity index is 1.91. The van der Waals surface area contributed by atoms with Gasteiger partial charge in [-0.2, -0.15) is 18.3 Å². The van der Waals surface area contributed by atoms with Crippen LogP contribution in [0.2, 0.25) is 0 Å². The summed E-state index contributed by atoms with van der Waals surface area (Å²) in [6.45, 7) is 3.78. The molecule has 0 aliphatic rings. The summed E-state index contributed by atoms with van der Waals surface area (Å²) in [6, 6.07) is 10.9. The molecule has 0 spiro atoms. The number of alkyl halides is 3. The third-order valence-corrected chi connectivity index (χ3v) is 4.38. The lowest BCUT2D eigenvalue weighted by molar-refractivity contribution is -0.137. The van der Waals surface area contributed by atoms with E-state index in [-0.39, 0.29) is 34.9 Å². The Labute approximate surface area is 181 Å². The Bertz CT molecular complexity index is 1160. The highest BCUT2D eigenvalue weighted by molar-refractivity contribution is 6.09. The van der Waals surface area contributed by atoms with E-state index in [0.29, 0.717) is 0 Å². The average Bonchev–Trinajstić information content (AvgIpc) is 3.22. The zero-order chi connectivity index (χ0) is 23.3. The molecular formula is C22H19F3N4O3. The van der Waals surface area contributed by atoms with E-state index < -0.39 is 23.6 Å². The number of nitrogens with zero attached hydrogens (tertiary/aromatic N) is 2. The van der Waals surface area contributed by atoms with E-state index in [2.05, 4.69) is 22.3 Å². The molecule has 0 unspecified atom stereocenters. The van der Waals surface area contributed by atoms with E-state index >= 15 is 0 Å². The molecule has 2 amide bonds. The number of carbonyl (C=O) groups is 2. The van der Waals surface area contributed by atoms with Gasteiger partial charge in [-0.05, 0) is 30.3 Å². The molecule has 32 heavy (non-hydrogen) atoms. The predicted molar refractivity (Wildman–Crippen MR) is 112 cm³/mol. The highest BCUT2D eigenvalue weighted by Gasteiger charge is 2.31. The molecule has 0 fully saturated rings. The number of amides is 2. The van der Waals surface area contributed by atoms with Crippen molar-refractivity contribution in [2.75, 3.05) is 19.0 Å². The molecule has 0 aliphatic carbocycles. The maximum atomic E-state index is 13.0. The van der Waals surface area contributed by atoms with Crippen LogP contribution in [0.3, 0.4) is 0 Å². The smallest absolute Gasteiger partial charge is 0.416 e. The first-order chi connectivity index (χ1) is 15.2. The van der Waals surface area contributed by atoms with Crippen LogP contribution < -0.4 is 15.4 Å². The number of ether oxygens (including phenoxy) is 1. The molecule has 0 saturated heterocycles. The molecule has 166 valence electrons. The summed E-state index contributed by atoms with van der Waals surface area (Å²) in [5.74, 6) is -1.06. The Morgan fingerprint density at radius 1 is 1.16 bits per heavy atom. The summed E-state index contributed by atoms with van der Waals surface area (Å²) >= 11 is 0. The zero-order valence-corrected chi connectivity index (χ0v) is 16.9. The Morgan fingerprint density at radius 3 is 2.59 bits per heavy atom. The topological polar surface area (TPSA) is 85.3 Å². The van der Waals surface area contributed by atoms with Gasteiger partial charge in [-0.25, -0.2) is 4.68 Å². The molecule has 0 radical (unpaired) electrons. The lowest BCUT2D eigenvalue weighted by Crippen LogP contribution is -2.25. The van der Waals surface area contributed by atoms with Crippen molar-refractivity contribution in [1.82, 2.24) is 15.1 Å². The minimum absolute atomic E-state index is 0.0495. The maximum Gasteiger partial charge on any atom is 0.416 e. The Morgan fingerprint density at radius 2 is 1.91 bits per heavy atom. The van der Waals surface area contributed by atoms with Crippen LogP contribution in [-0.2, 0) is 6.18 Å². The second-order valence-electron chi connectivity index (χ2n) is 6.54. The lowest BCUT2D eigenvalue weighted by atomic mass is 10.1. The number of benzene rings is 2. The number of halogens is 3. The monoisotopic (exact) mass is 444 g/mol. The van der Waals surface area contributed by atoms with E-state index in [0.717, 1.165) is 16.8 Å². The molecule has 10 heteroatoms. The molecule has 2 N–H and O–H groups in total. The number of hydrogen-bond donors (Lipinski definition) is 2. The standard InChI is InChI=1S/C22H19F3N4O3/c1-3-11-26-20(30)16-9-4-5-10-17(16)27-21(31)19-18(32-2)13-29(28-19)15-8-6-7-14(12-15)22(23,24)25/h3-10,12-13H,1,11H2,2H3,(H,26,30)(H,27,31). The first-order valence-corrected chi connectivity index (χ1v) is 9.35. The second kappa shape index (κ2) is 9.38. The van der Waals surface area contributed by atoms with Gasteiger partial charge in [0.2, 0.25) is 0 Å². The van der Waals surface area contributed by atoms with Gasteiger partial charge in [-0.3, -0.25) is 9.59 Å². The number of nitrogens with one attached hydrogen (secondary N) is 2. The molecule has 7 nitrogen and oxygen atoms in total. The molecule has 0 atom stereocenters. The summed E-state index contributed by atoms with van der Waals surface area (Å²) in [7, 11) is 1.31. The molecule has 0 saturated carbocycles. The fraction of sp³-hybridized carbons (Fsp3) is 0.136. The second-order valence-corrected chi connectivity index (χ2v) is 6.54. The summed E-state index contributed by atoms with van der Waals surface area (Å²) in [4.78, 5) is 25.2. The number of carbonyl (C=O) groups excluding carboxylic acids is 2. The Kier molecular flexibility index (Phi) is 6.62. The SMILES string of the molecule is C=CCNC(=O)c1ccccc1NC(=O)c1nn(-c2cccc(C(F)(F)F)c2)cc1OC. The number of anilines is 1. The van der Waals surface area contributed by atoms with E-state index in [4.69, 9.17) is 4.74 Å². The van der Waals surface area contributed by atoms with Crippen molar-refractivity contribution in [3.05, 3.63) is 84.2 Å². The normalized spacial score (nSPS) is 11.0. The quantitative estimate of drug-likeness (QED) is 0.538. The van der Waals surface area contributed by atoms with Crippen LogP contribution in [0.15, 0.2) is 67.4 Å². The fourth-order valence-electron chi connectivity index (χ4n) is 2.85. The molecule has 0 aliphatic heterocycles. The van der Waals surface area contributed by atoms with Gasteiger partial charge in [-0.15, -0.1) is 6.58 Å². The van der Waals surface area contributed by atoms with Crippen molar-refractivity contribution in [1.29, 1.82) is 0 Å². The Hall–Kier alpha value is -4.08. The van der Waals surface area contributed by atoms with Crippen molar-refractivity contribution in [3.8, 4) is 11.4 Å². The van der Waals surface area contributed by atoms with Crippen LogP contribution in [0.25, 0.3) is 5.69 Å². The van der Waals surface area contributed by atoms with Gasteiger partial charge in [0, 0.05) is 6.54 Å². The lowest BCUT2D eigenvalue weighted by Gasteiger charge is -2.10. The third-order valence-electron chi connectivity index (χ3n) is 4.38. The van der Waals surface area contributed by atoms with Crippen LogP contribution in [-0.4, -0.2) is 35.2 Å². The summed E-state index contributed by atoms with van der Waals surface area (Å²) in [6.07, 6.45) is -1.71. The van der Waals surface area contributed by atoms with E-state index in [1.165, 1.54) is 43.6 Å². The maximum absolute atomic E-state index is 13.0. The average molecular weight is 444 g/mol. The minimum atomic E-state index is -4.52. The largest absolute Gasteiger partial charge is 0.493 e. The molecule has 1 aromatic heterocycles. The van der Waals surface area contributed by atoms with E-state index in [9.17, 15) is 22.8 Å². The molecule has 3 aromatic rings. The van der Waals surface area contributed by atoms with Gasteiger partial charge in [0.25, 0.3) is 11.8 Å². The number of aromatic nitrogens is 2. The predicted octanol–water partition coefficient (Wildman–Crippen LogP) is 4.07. The van der Waals surface area contributed by atoms with Crippen LogP contribution in [0.5, 0.6) is 5.75 Å². The van der Waals surface area contributed by atoms with Gasteiger partial charge in [0.1, 0.15) is 0 Å². The molecule has 3 rings (SSSR count). The molecule has 0 bridgehead atoms. The zero-order valence-electron chi connectivity index (χ0n) is 16.9. The van der Waals surface area contributed by atoms with Crippen molar-refractivity contribution >= 4 is 17.5 Å². The van der Waals surface area contributed by atoms with E-state index in [1.807, 2.05) is 0 Å². The van der Waals surface area contributed by atoms with Gasteiger partial charge >= 0.3 is 6.18 Å². The van der Waals surface area contributed by atoms with Gasteiger partial charge in [0.15, 0.2) is 11.4 Å².